The molecule has 4 N–H and O–H groups in total. The highest BCUT2D eigenvalue weighted by Gasteiger charge is 2.22. The lowest BCUT2D eigenvalue weighted by atomic mass is 10.2. The topological polar surface area (TPSA) is 67.2 Å². The molecule has 0 heterocycles. The minimum atomic E-state index is 0.0891. The SMILES string of the molecule is CCNC(=O)CC(CN)NCC1CC1. The van der Waals surface area contributed by atoms with E-state index in [1.54, 1.807) is 0 Å². The highest BCUT2D eigenvalue weighted by Crippen LogP contribution is 2.27. The molecule has 14 heavy (non-hydrogen) atoms. The Morgan fingerprint density at radius 3 is 2.79 bits per heavy atom. The van der Waals surface area contributed by atoms with Gasteiger partial charge in [0.05, 0.1) is 0 Å². The van der Waals surface area contributed by atoms with E-state index in [0.29, 0.717) is 19.5 Å². The molecule has 4 nitrogen and oxygen atoms in total. The molecule has 0 radical (unpaired) electrons. The van der Waals surface area contributed by atoms with Crippen LogP contribution in [0, 0.1) is 5.92 Å². The molecule has 4 heteroatoms. The van der Waals surface area contributed by atoms with Crippen molar-refractivity contribution in [3.8, 4) is 0 Å². The van der Waals surface area contributed by atoms with Crippen LogP contribution in [0.4, 0.5) is 0 Å². The van der Waals surface area contributed by atoms with Crippen molar-refractivity contribution >= 4 is 5.91 Å². The first kappa shape index (κ1) is 11.5. The maximum atomic E-state index is 11.3. The van der Waals surface area contributed by atoms with E-state index >= 15 is 0 Å². The van der Waals surface area contributed by atoms with Gasteiger partial charge in [0.15, 0.2) is 0 Å². The summed E-state index contributed by atoms with van der Waals surface area (Å²) in [6, 6.07) is 0.141. The van der Waals surface area contributed by atoms with Gasteiger partial charge in [-0.05, 0) is 32.2 Å². The van der Waals surface area contributed by atoms with Crippen LogP contribution in [0.5, 0.6) is 0 Å². The standard InChI is InChI=1S/C10H21N3O/c1-2-12-10(14)5-9(6-11)13-7-8-3-4-8/h8-9,13H,2-7,11H2,1H3,(H,12,14). The molecule has 1 unspecified atom stereocenters. The number of nitrogens with one attached hydrogen (secondary N) is 2. The zero-order valence-electron chi connectivity index (χ0n) is 8.88. The zero-order chi connectivity index (χ0) is 10.4. The van der Waals surface area contributed by atoms with E-state index in [9.17, 15) is 4.79 Å². The molecule has 0 aromatic carbocycles. The Hall–Kier alpha value is -0.610. The second-order valence-corrected chi connectivity index (χ2v) is 3.94. The van der Waals surface area contributed by atoms with E-state index in [4.69, 9.17) is 5.73 Å². The van der Waals surface area contributed by atoms with E-state index in [0.717, 1.165) is 12.5 Å². The minimum Gasteiger partial charge on any atom is -0.356 e. The Bertz CT molecular complexity index is 180. The van der Waals surface area contributed by atoms with Crippen LogP contribution >= 0.6 is 0 Å². The summed E-state index contributed by atoms with van der Waals surface area (Å²) in [6.45, 7) is 4.16. The molecule has 0 aromatic rings. The van der Waals surface area contributed by atoms with Crippen molar-refractivity contribution < 1.29 is 4.79 Å². The van der Waals surface area contributed by atoms with Gasteiger partial charge in [0.2, 0.25) is 5.91 Å². The van der Waals surface area contributed by atoms with Gasteiger partial charge in [-0.15, -0.1) is 0 Å². The van der Waals surface area contributed by atoms with E-state index in [1.165, 1.54) is 12.8 Å². The predicted octanol–water partition coefficient (Wildman–Crippen LogP) is -0.160. The number of rotatable bonds is 7. The number of hydrogen-bond donors (Lipinski definition) is 3. The van der Waals surface area contributed by atoms with Crippen LogP contribution in [0.3, 0.4) is 0 Å². The van der Waals surface area contributed by atoms with Gasteiger partial charge >= 0.3 is 0 Å². The Morgan fingerprint density at radius 1 is 1.57 bits per heavy atom. The van der Waals surface area contributed by atoms with Crippen molar-refractivity contribution in [3.05, 3.63) is 0 Å². The zero-order valence-corrected chi connectivity index (χ0v) is 8.88. The average molecular weight is 199 g/mol. The summed E-state index contributed by atoms with van der Waals surface area (Å²) < 4.78 is 0. The lowest BCUT2D eigenvalue weighted by Crippen LogP contribution is -2.41. The molecular formula is C10H21N3O. The van der Waals surface area contributed by atoms with Gasteiger partial charge in [0.25, 0.3) is 0 Å². The van der Waals surface area contributed by atoms with E-state index in [-0.39, 0.29) is 11.9 Å². The van der Waals surface area contributed by atoms with Crippen molar-refractivity contribution in [3.63, 3.8) is 0 Å². The normalized spacial score (nSPS) is 17.9. The van der Waals surface area contributed by atoms with Gasteiger partial charge in [-0.3, -0.25) is 4.79 Å². The molecule has 1 amide bonds. The third-order valence-corrected chi connectivity index (χ3v) is 2.48. The van der Waals surface area contributed by atoms with Crippen molar-refractivity contribution in [1.29, 1.82) is 0 Å². The summed E-state index contributed by atoms with van der Waals surface area (Å²) in [7, 11) is 0. The molecule has 1 saturated carbocycles. The first-order valence-electron chi connectivity index (χ1n) is 5.46. The fraction of sp³-hybridized carbons (Fsp3) is 0.900. The Labute approximate surface area is 85.6 Å². The van der Waals surface area contributed by atoms with Gasteiger partial charge in [-0.2, -0.15) is 0 Å². The van der Waals surface area contributed by atoms with Crippen LogP contribution in [0.1, 0.15) is 26.2 Å². The second kappa shape index (κ2) is 5.98. The molecular weight excluding hydrogens is 178 g/mol. The maximum absolute atomic E-state index is 11.3. The van der Waals surface area contributed by atoms with Crippen molar-refractivity contribution in [2.45, 2.75) is 32.2 Å². The fourth-order valence-electron chi connectivity index (χ4n) is 1.39. The van der Waals surface area contributed by atoms with Crippen LogP contribution in [0.25, 0.3) is 0 Å². The van der Waals surface area contributed by atoms with Gasteiger partial charge in [-0.25, -0.2) is 0 Å². The third kappa shape index (κ3) is 4.58. The molecule has 0 bridgehead atoms. The number of carbonyl (C=O) groups is 1. The Morgan fingerprint density at radius 2 is 2.29 bits per heavy atom. The fourth-order valence-corrected chi connectivity index (χ4v) is 1.39. The molecule has 0 aliphatic heterocycles. The van der Waals surface area contributed by atoms with Gasteiger partial charge in [0, 0.05) is 25.6 Å². The number of nitrogens with two attached hydrogens (primary N) is 1. The van der Waals surface area contributed by atoms with Crippen molar-refractivity contribution in [1.82, 2.24) is 10.6 Å². The molecule has 1 aliphatic rings. The van der Waals surface area contributed by atoms with Crippen LogP contribution in [0.2, 0.25) is 0 Å². The van der Waals surface area contributed by atoms with Crippen LogP contribution in [-0.4, -0.2) is 31.6 Å². The molecule has 82 valence electrons. The second-order valence-electron chi connectivity index (χ2n) is 3.94. The third-order valence-electron chi connectivity index (χ3n) is 2.48. The largest absolute Gasteiger partial charge is 0.356 e. The van der Waals surface area contributed by atoms with Crippen LogP contribution < -0.4 is 16.4 Å². The monoisotopic (exact) mass is 199 g/mol. The van der Waals surface area contributed by atoms with E-state index in [1.807, 2.05) is 6.92 Å². The van der Waals surface area contributed by atoms with Gasteiger partial charge in [-0.1, -0.05) is 0 Å². The highest BCUT2D eigenvalue weighted by molar-refractivity contribution is 5.76. The smallest absolute Gasteiger partial charge is 0.221 e. The number of amides is 1. The molecule has 1 fully saturated rings. The summed E-state index contributed by atoms with van der Waals surface area (Å²) in [4.78, 5) is 11.3. The summed E-state index contributed by atoms with van der Waals surface area (Å²) in [5.74, 6) is 0.921. The van der Waals surface area contributed by atoms with Crippen LogP contribution in [-0.2, 0) is 4.79 Å². The molecule has 1 rings (SSSR count). The minimum absolute atomic E-state index is 0.0891. The number of hydrogen-bond acceptors (Lipinski definition) is 3. The average Bonchev–Trinajstić information content (AvgIpc) is 2.96. The first-order chi connectivity index (χ1) is 6.76. The molecule has 1 aliphatic carbocycles. The van der Waals surface area contributed by atoms with E-state index < -0.39 is 0 Å². The van der Waals surface area contributed by atoms with Crippen LogP contribution in [0.15, 0.2) is 0 Å². The lowest BCUT2D eigenvalue weighted by molar-refractivity contribution is -0.121. The summed E-state index contributed by atoms with van der Waals surface area (Å²) in [5.41, 5.74) is 5.58. The quantitative estimate of drug-likeness (QED) is 0.534. The summed E-state index contributed by atoms with van der Waals surface area (Å²) in [5, 5.41) is 6.11. The Kier molecular flexibility index (Phi) is 4.90. The van der Waals surface area contributed by atoms with Crippen molar-refractivity contribution in [2.24, 2.45) is 11.7 Å². The summed E-state index contributed by atoms with van der Waals surface area (Å²) >= 11 is 0. The van der Waals surface area contributed by atoms with Crippen molar-refractivity contribution in [2.75, 3.05) is 19.6 Å². The first-order valence-corrected chi connectivity index (χ1v) is 5.46. The Balaban J connectivity index is 2.12. The molecule has 0 aromatic heterocycles. The van der Waals surface area contributed by atoms with Gasteiger partial charge < -0.3 is 16.4 Å². The van der Waals surface area contributed by atoms with E-state index in [2.05, 4.69) is 10.6 Å². The lowest BCUT2D eigenvalue weighted by Gasteiger charge is -2.15. The number of carbonyl (C=O) groups excluding carboxylic acids is 1. The maximum Gasteiger partial charge on any atom is 0.221 e. The molecule has 1 atom stereocenters. The van der Waals surface area contributed by atoms with Gasteiger partial charge in [0.1, 0.15) is 0 Å². The predicted molar refractivity (Wildman–Crippen MR) is 56.9 cm³/mol. The highest BCUT2D eigenvalue weighted by atomic mass is 16.1. The molecule has 0 saturated heterocycles. The summed E-state index contributed by atoms with van der Waals surface area (Å²) in [6.07, 6.45) is 3.15. The molecule has 0 spiro atoms.